The SMILES string of the molecule is C[C@@H](NC(=O)[C@@H](Cc1ccccc1)N=Cc1ccccc1)C(=O)N[C@@H](Cc1ccccc1)C(=O)OC(C)(C)C. The highest BCUT2D eigenvalue weighted by atomic mass is 16.6. The maximum absolute atomic E-state index is 13.3. The molecule has 0 aliphatic heterocycles. The lowest BCUT2D eigenvalue weighted by Gasteiger charge is -2.26. The Labute approximate surface area is 230 Å². The summed E-state index contributed by atoms with van der Waals surface area (Å²) in [5.41, 5.74) is 1.99. The predicted octanol–water partition coefficient (Wildman–Crippen LogP) is 4.29. The van der Waals surface area contributed by atoms with Crippen LogP contribution in [0, 0.1) is 0 Å². The number of carbonyl (C=O) groups excluding carboxylic acids is 3. The third kappa shape index (κ3) is 10.2. The van der Waals surface area contributed by atoms with Crippen LogP contribution in [0.3, 0.4) is 0 Å². The van der Waals surface area contributed by atoms with E-state index in [9.17, 15) is 14.4 Å². The van der Waals surface area contributed by atoms with Crippen LogP contribution in [0.5, 0.6) is 0 Å². The summed E-state index contributed by atoms with van der Waals surface area (Å²) in [6.45, 7) is 6.91. The van der Waals surface area contributed by atoms with E-state index in [0.717, 1.165) is 16.7 Å². The molecular weight excluding hydrogens is 490 g/mol. The molecule has 0 aromatic heterocycles. The van der Waals surface area contributed by atoms with Gasteiger partial charge in [0, 0.05) is 19.1 Å². The maximum Gasteiger partial charge on any atom is 0.329 e. The van der Waals surface area contributed by atoms with Crippen LogP contribution < -0.4 is 10.6 Å². The van der Waals surface area contributed by atoms with Gasteiger partial charge in [-0.1, -0.05) is 91.0 Å². The molecule has 3 aromatic rings. The first-order valence-electron chi connectivity index (χ1n) is 13.1. The van der Waals surface area contributed by atoms with Gasteiger partial charge < -0.3 is 15.4 Å². The Bertz CT molecular complexity index is 1240. The van der Waals surface area contributed by atoms with E-state index in [1.807, 2.05) is 91.0 Å². The Balaban J connectivity index is 1.71. The van der Waals surface area contributed by atoms with Crippen molar-refractivity contribution in [3.63, 3.8) is 0 Å². The summed E-state index contributed by atoms with van der Waals surface area (Å²) in [6, 6.07) is 26.0. The quantitative estimate of drug-likeness (QED) is 0.287. The van der Waals surface area contributed by atoms with Gasteiger partial charge in [0.2, 0.25) is 11.8 Å². The number of benzene rings is 3. The number of nitrogens with one attached hydrogen (secondary N) is 2. The highest BCUT2D eigenvalue weighted by Crippen LogP contribution is 2.12. The van der Waals surface area contributed by atoms with E-state index >= 15 is 0 Å². The van der Waals surface area contributed by atoms with E-state index in [4.69, 9.17) is 4.74 Å². The number of hydrogen-bond donors (Lipinski definition) is 2. The summed E-state index contributed by atoms with van der Waals surface area (Å²) in [5, 5.41) is 5.55. The summed E-state index contributed by atoms with van der Waals surface area (Å²) in [7, 11) is 0. The molecule has 3 atom stereocenters. The smallest absolute Gasteiger partial charge is 0.329 e. The summed E-state index contributed by atoms with van der Waals surface area (Å²) in [6.07, 6.45) is 2.30. The van der Waals surface area contributed by atoms with Crippen LogP contribution >= 0.6 is 0 Å². The molecule has 0 aliphatic carbocycles. The van der Waals surface area contributed by atoms with Gasteiger partial charge in [0.25, 0.3) is 0 Å². The van der Waals surface area contributed by atoms with Gasteiger partial charge >= 0.3 is 5.97 Å². The molecule has 0 radical (unpaired) electrons. The van der Waals surface area contributed by atoms with E-state index < -0.39 is 35.6 Å². The van der Waals surface area contributed by atoms with Crippen LogP contribution in [0.25, 0.3) is 0 Å². The number of aliphatic imine (C=N–C) groups is 1. The third-order valence-corrected chi connectivity index (χ3v) is 5.82. The zero-order valence-electron chi connectivity index (χ0n) is 23.0. The number of esters is 1. The number of rotatable bonds is 11. The molecule has 3 aromatic carbocycles. The van der Waals surface area contributed by atoms with Crippen molar-refractivity contribution < 1.29 is 19.1 Å². The first-order valence-corrected chi connectivity index (χ1v) is 13.1. The number of carbonyl (C=O) groups is 3. The maximum atomic E-state index is 13.3. The average Bonchev–Trinajstić information content (AvgIpc) is 2.91. The van der Waals surface area contributed by atoms with Crippen molar-refractivity contribution in [2.24, 2.45) is 4.99 Å². The molecule has 204 valence electrons. The summed E-state index contributed by atoms with van der Waals surface area (Å²) >= 11 is 0. The van der Waals surface area contributed by atoms with Crippen molar-refractivity contribution in [3.05, 3.63) is 108 Å². The first kappa shape index (κ1) is 29.3. The molecule has 0 heterocycles. The second kappa shape index (κ2) is 14.0. The normalized spacial score (nSPS) is 13.7. The average molecular weight is 528 g/mol. The minimum atomic E-state index is -0.908. The minimum Gasteiger partial charge on any atom is -0.458 e. The molecule has 7 nitrogen and oxygen atoms in total. The van der Waals surface area contributed by atoms with Crippen molar-refractivity contribution in [2.45, 2.75) is 64.3 Å². The van der Waals surface area contributed by atoms with Crippen molar-refractivity contribution in [2.75, 3.05) is 0 Å². The molecule has 2 N–H and O–H groups in total. The minimum absolute atomic E-state index is 0.264. The van der Waals surface area contributed by atoms with Crippen LogP contribution in [-0.2, 0) is 32.0 Å². The van der Waals surface area contributed by atoms with Gasteiger partial charge in [-0.25, -0.2) is 4.79 Å². The fourth-order valence-electron chi connectivity index (χ4n) is 3.85. The lowest BCUT2D eigenvalue weighted by atomic mass is 10.0. The van der Waals surface area contributed by atoms with Crippen molar-refractivity contribution >= 4 is 24.0 Å². The van der Waals surface area contributed by atoms with Crippen molar-refractivity contribution in [3.8, 4) is 0 Å². The van der Waals surface area contributed by atoms with Gasteiger partial charge in [-0.2, -0.15) is 0 Å². The highest BCUT2D eigenvalue weighted by molar-refractivity contribution is 5.93. The first-order chi connectivity index (χ1) is 18.6. The molecule has 2 amide bonds. The molecule has 3 rings (SSSR count). The molecular formula is C32H37N3O4. The van der Waals surface area contributed by atoms with Gasteiger partial charge in [0.05, 0.1) is 0 Å². The van der Waals surface area contributed by atoms with Crippen LogP contribution in [-0.4, -0.2) is 47.7 Å². The number of ether oxygens (including phenoxy) is 1. The number of amides is 2. The Kier molecular flexibility index (Phi) is 10.6. The summed E-state index contributed by atoms with van der Waals surface area (Å²) < 4.78 is 5.55. The van der Waals surface area contributed by atoms with E-state index in [2.05, 4.69) is 15.6 Å². The molecule has 0 saturated carbocycles. The zero-order valence-corrected chi connectivity index (χ0v) is 23.0. The standard InChI is InChI=1S/C32H37N3O4/c1-23(29(36)35-28(31(38)39-32(2,3)4)21-25-16-10-6-11-17-25)34-30(37)27(20-24-14-8-5-9-15-24)33-22-26-18-12-7-13-19-26/h5-19,22-23,27-28H,20-21H2,1-4H3,(H,34,37)(H,35,36)/t23-,27-,28+/m1/s1. The third-order valence-electron chi connectivity index (χ3n) is 5.82. The molecule has 0 saturated heterocycles. The van der Waals surface area contributed by atoms with Gasteiger partial charge in [-0.3, -0.25) is 14.6 Å². The topological polar surface area (TPSA) is 96.9 Å². The van der Waals surface area contributed by atoms with Crippen molar-refractivity contribution in [1.82, 2.24) is 10.6 Å². The van der Waals surface area contributed by atoms with Crippen LogP contribution in [0.15, 0.2) is 96.0 Å². The Hall–Kier alpha value is -4.26. The van der Waals surface area contributed by atoms with Crippen molar-refractivity contribution in [1.29, 1.82) is 0 Å². The Morgan fingerprint density at radius 3 is 1.82 bits per heavy atom. The molecule has 0 spiro atoms. The van der Waals surface area contributed by atoms with E-state index in [1.165, 1.54) is 0 Å². The lowest BCUT2D eigenvalue weighted by Crippen LogP contribution is -2.53. The number of nitrogens with zero attached hydrogens (tertiary/aromatic N) is 1. The fraction of sp³-hybridized carbons (Fsp3) is 0.312. The van der Waals surface area contributed by atoms with E-state index in [0.29, 0.717) is 6.42 Å². The molecule has 0 aliphatic rings. The number of hydrogen-bond acceptors (Lipinski definition) is 5. The van der Waals surface area contributed by atoms with Crippen LogP contribution in [0.1, 0.15) is 44.4 Å². The summed E-state index contributed by atoms with van der Waals surface area (Å²) in [5.74, 6) is -1.40. The molecule has 0 bridgehead atoms. The monoisotopic (exact) mass is 527 g/mol. The Morgan fingerprint density at radius 1 is 0.769 bits per heavy atom. The Morgan fingerprint density at radius 2 is 1.28 bits per heavy atom. The highest BCUT2D eigenvalue weighted by Gasteiger charge is 2.29. The van der Waals surface area contributed by atoms with Gasteiger partial charge in [0.15, 0.2) is 0 Å². The summed E-state index contributed by atoms with van der Waals surface area (Å²) in [4.78, 5) is 43.9. The van der Waals surface area contributed by atoms with Gasteiger partial charge in [-0.15, -0.1) is 0 Å². The van der Waals surface area contributed by atoms with Gasteiger partial charge in [-0.05, 0) is 44.4 Å². The lowest BCUT2D eigenvalue weighted by molar-refractivity contribution is -0.158. The second-order valence-corrected chi connectivity index (χ2v) is 10.4. The van der Waals surface area contributed by atoms with Crippen LogP contribution in [0.4, 0.5) is 0 Å². The van der Waals surface area contributed by atoms with E-state index in [-0.39, 0.29) is 12.3 Å². The molecule has 0 fully saturated rings. The van der Waals surface area contributed by atoms with E-state index in [1.54, 1.807) is 33.9 Å². The molecule has 39 heavy (non-hydrogen) atoms. The second-order valence-electron chi connectivity index (χ2n) is 10.4. The van der Waals surface area contributed by atoms with Crippen LogP contribution in [0.2, 0.25) is 0 Å². The predicted molar refractivity (Wildman–Crippen MR) is 153 cm³/mol. The van der Waals surface area contributed by atoms with Gasteiger partial charge in [0.1, 0.15) is 23.7 Å². The molecule has 0 unspecified atom stereocenters. The molecule has 7 heteroatoms. The largest absolute Gasteiger partial charge is 0.458 e. The fourth-order valence-corrected chi connectivity index (χ4v) is 3.85. The zero-order chi connectivity index (χ0) is 28.3.